The van der Waals surface area contributed by atoms with E-state index < -0.39 is 17.5 Å². The van der Waals surface area contributed by atoms with E-state index in [1.807, 2.05) is 4.90 Å². The number of halogens is 3. The van der Waals surface area contributed by atoms with Crippen LogP contribution in [0.25, 0.3) is 16.7 Å². The zero-order valence-electron chi connectivity index (χ0n) is 15.0. The Morgan fingerprint density at radius 3 is 2.50 bits per heavy atom. The Hall–Kier alpha value is -2.87. The van der Waals surface area contributed by atoms with Crippen molar-refractivity contribution in [3.63, 3.8) is 0 Å². The maximum absolute atomic E-state index is 14.8. The average molecular weight is 386 g/mol. The van der Waals surface area contributed by atoms with Crippen molar-refractivity contribution in [2.75, 3.05) is 18.0 Å². The van der Waals surface area contributed by atoms with Crippen molar-refractivity contribution in [1.29, 1.82) is 0 Å². The van der Waals surface area contributed by atoms with Gasteiger partial charge in [-0.1, -0.05) is 0 Å². The summed E-state index contributed by atoms with van der Waals surface area (Å²) in [7, 11) is 0. The summed E-state index contributed by atoms with van der Waals surface area (Å²) in [6.07, 6.45) is 1.44. The lowest BCUT2D eigenvalue weighted by molar-refractivity contribution is 0.578. The summed E-state index contributed by atoms with van der Waals surface area (Å²) < 4.78 is 43.9. The van der Waals surface area contributed by atoms with Crippen LogP contribution in [0.2, 0.25) is 0 Å². The molecule has 2 aliphatic rings. The fraction of sp³-hybridized carbons (Fsp3) is 0.300. The van der Waals surface area contributed by atoms with Crippen molar-refractivity contribution in [2.24, 2.45) is 17.6 Å². The minimum absolute atomic E-state index is 0.0332. The molecule has 1 aliphatic carbocycles. The maximum Gasteiger partial charge on any atom is 0.194 e. The quantitative estimate of drug-likeness (QED) is 0.735. The Morgan fingerprint density at radius 1 is 1.11 bits per heavy atom. The molecule has 3 heterocycles. The van der Waals surface area contributed by atoms with Crippen molar-refractivity contribution < 1.29 is 13.2 Å². The van der Waals surface area contributed by atoms with Gasteiger partial charge in [0.05, 0.1) is 11.1 Å². The highest BCUT2D eigenvalue weighted by atomic mass is 19.1. The van der Waals surface area contributed by atoms with Gasteiger partial charge in [0, 0.05) is 37.0 Å². The van der Waals surface area contributed by atoms with Gasteiger partial charge in [-0.2, -0.15) is 0 Å². The third kappa shape index (κ3) is 2.44. The second-order valence-electron chi connectivity index (χ2n) is 7.58. The zero-order valence-corrected chi connectivity index (χ0v) is 15.0. The Kier molecular flexibility index (Phi) is 3.58. The largest absolute Gasteiger partial charge is 0.353 e. The normalized spacial score (nSPS) is 23.3. The van der Waals surface area contributed by atoms with Gasteiger partial charge < -0.3 is 10.6 Å². The van der Waals surface area contributed by atoms with E-state index in [0.29, 0.717) is 30.5 Å². The van der Waals surface area contributed by atoms with Gasteiger partial charge in [-0.05, 0) is 37.0 Å². The smallest absolute Gasteiger partial charge is 0.194 e. The summed E-state index contributed by atoms with van der Waals surface area (Å²) in [5.74, 6) is -1.35. The third-order valence-electron chi connectivity index (χ3n) is 5.82. The van der Waals surface area contributed by atoms with Crippen LogP contribution in [0.3, 0.4) is 0 Å². The number of rotatable bonds is 2. The number of benzene rings is 1. The lowest BCUT2D eigenvalue weighted by Gasteiger charge is -2.22. The Morgan fingerprint density at radius 2 is 1.82 bits per heavy atom. The summed E-state index contributed by atoms with van der Waals surface area (Å²) in [5.41, 5.74) is 6.04. The van der Waals surface area contributed by atoms with Crippen LogP contribution in [0.5, 0.6) is 0 Å². The number of aromatic nitrogens is 2. The van der Waals surface area contributed by atoms with Crippen molar-refractivity contribution >= 4 is 16.9 Å². The minimum Gasteiger partial charge on any atom is -0.353 e. The first kappa shape index (κ1) is 17.2. The van der Waals surface area contributed by atoms with Crippen molar-refractivity contribution in [2.45, 2.75) is 13.0 Å². The van der Waals surface area contributed by atoms with Gasteiger partial charge in [-0.3, -0.25) is 9.36 Å². The lowest BCUT2D eigenvalue weighted by atomic mass is 10.2. The van der Waals surface area contributed by atoms with E-state index in [-0.39, 0.29) is 34.0 Å². The molecule has 1 aliphatic heterocycles. The summed E-state index contributed by atoms with van der Waals surface area (Å²) >= 11 is 0. The number of hydrogen-bond acceptors (Lipinski definition) is 4. The highest BCUT2D eigenvalue weighted by Crippen LogP contribution is 2.45. The van der Waals surface area contributed by atoms with Crippen LogP contribution in [-0.2, 0) is 0 Å². The summed E-state index contributed by atoms with van der Waals surface area (Å²) in [5, 5.41) is 0.0473. The fourth-order valence-electron chi connectivity index (χ4n) is 4.17. The van der Waals surface area contributed by atoms with Crippen LogP contribution in [0.15, 0.2) is 35.3 Å². The second-order valence-corrected chi connectivity index (χ2v) is 7.58. The van der Waals surface area contributed by atoms with Gasteiger partial charge in [0.1, 0.15) is 11.6 Å². The molecule has 28 heavy (non-hydrogen) atoms. The van der Waals surface area contributed by atoms with Crippen LogP contribution in [0, 0.1) is 36.2 Å². The molecule has 1 unspecified atom stereocenters. The molecule has 3 aromatic rings. The number of hydrogen-bond donors (Lipinski definition) is 1. The van der Waals surface area contributed by atoms with E-state index in [1.54, 1.807) is 6.92 Å². The molecule has 5 nitrogen and oxygen atoms in total. The lowest BCUT2D eigenvalue weighted by Crippen LogP contribution is -2.30. The number of pyridine rings is 2. The van der Waals surface area contributed by atoms with Crippen molar-refractivity contribution in [3.8, 4) is 5.69 Å². The first-order valence-electron chi connectivity index (χ1n) is 9.03. The number of fused-ring (bicyclic) bond motifs is 2. The molecule has 1 saturated carbocycles. The Labute approximate surface area is 158 Å². The fourth-order valence-corrected chi connectivity index (χ4v) is 4.17. The SMILES string of the molecule is Cc1cn(-c2ccc(F)cc2F)c2nc(N3C[C@@H]4C(N)[C@@H]4C3)c(F)cc2c1=O. The first-order valence-corrected chi connectivity index (χ1v) is 9.03. The molecular weight excluding hydrogens is 369 g/mol. The standard InChI is InChI=1S/C20H17F3N4O/c1-9-6-27(16-3-2-10(21)4-14(16)22)19-11(18(9)28)5-15(23)20(25-19)26-7-12-13(8-26)17(12)24/h2-6,12-13,17H,7-8,24H2,1H3/t12-,13+,17?. The molecule has 8 heteroatoms. The highest BCUT2D eigenvalue weighted by molar-refractivity contribution is 5.80. The molecule has 2 fully saturated rings. The summed E-state index contributed by atoms with van der Waals surface area (Å²) in [6, 6.07) is 4.44. The molecule has 1 aromatic carbocycles. The minimum atomic E-state index is -0.801. The van der Waals surface area contributed by atoms with E-state index in [0.717, 1.165) is 18.2 Å². The molecule has 2 N–H and O–H groups in total. The Balaban J connectivity index is 1.73. The summed E-state index contributed by atoms with van der Waals surface area (Å²) in [4.78, 5) is 18.7. The van der Waals surface area contributed by atoms with Crippen molar-refractivity contribution in [3.05, 3.63) is 63.7 Å². The molecule has 0 spiro atoms. The van der Waals surface area contributed by atoms with Crippen LogP contribution in [-0.4, -0.2) is 28.7 Å². The van der Waals surface area contributed by atoms with Crippen LogP contribution in [0.1, 0.15) is 5.56 Å². The van der Waals surface area contributed by atoms with E-state index in [9.17, 15) is 18.0 Å². The molecule has 0 radical (unpaired) electrons. The van der Waals surface area contributed by atoms with Gasteiger partial charge in [0.25, 0.3) is 0 Å². The van der Waals surface area contributed by atoms with E-state index in [4.69, 9.17) is 5.73 Å². The van der Waals surface area contributed by atoms with Crippen LogP contribution >= 0.6 is 0 Å². The maximum atomic E-state index is 14.8. The number of aryl methyl sites for hydroxylation is 1. The Bertz CT molecular complexity index is 1180. The van der Waals surface area contributed by atoms with Crippen LogP contribution < -0.4 is 16.1 Å². The number of piperidine rings is 1. The van der Waals surface area contributed by atoms with Gasteiger partial charge in [0.15, 0.2) is 22.7 Å². The molecular formula is C20H17F3N4O. The number of nitrogens with two attached hydrogens (primary N) is 1. The third-order valence-corrected chi connectivity index (χ3v) is 5.82. The van der Waals surface area contributed by atoms with E-state index >= 15 is 0 Å². The van der Waals surface area contributed by atoms with E-state index in [1.165, 1.54) is 16.8 Å². The molecule has 1 saturated heterocycles. The van der Waals surface area contributed by atoms with Gasteiger partial charge >= 0.3 is 0 Å². The van der Waals surface area contributed by atoms with Gasteiger partial charge in [0.2, 0.25) is 0 Å². The second kappa shape index (κ2) is 5.81. The number of nitrogens with zero attached hydrogens (tertiary/aromatic N) is 3. The monoisotopic (exact) mass is 386 g/mol. The zero-order chi connectivity index (χ0) is 19.7. The van der Waals surface area contributed by atoms with Crippen molar-refractivity contribution in [1.82, 2.24) is 9.55 Å². The number of anilines is 1. The molecule has 144 valence electrons. The topological polar surface area (TPSA) is 64.2 Å². The van der Waals surface area contributed by atoms with Crippen LogP contribution in [0.4, 0.5) is 19.0 Å². The average Bonchev–Trinajstić information content (AvgIpc) is 3.04. The molecule has 0 amide bonds. The van der Waals surface area contributed by atoms with E-state index in [2.05, 4.69) is 4.98 Å². The molecule has 3 atom stereocenters. The molecule has 5 rings (SSSR count). The van der Waals surface area contributed by atoms with Gasteiger partial charge in [-0.25, -0.2) is 18.2 Å². The predicted molar refractivity (Wildman–Crippen MR) is 99.1 cm³/mol. The highest BCUT2D eigenvalue weighted by Gasteiger charge is 2.54. The molecule has 2 aromatic heterocycles. The molecule has 0 bridgehead atoms. The first-order chi connectivity index (χ1) is 13.3. The summed E-state index contributed by atoms with van der Waals surface area (Å²) in [6.45, 7) is 2.76. The van der Waals surface area contributed by atoms with Gasteiger partial charge in [-0.15, -0.1) is 0 Å². The predicted octanol–water partition coefficient (Wildman–Crippen LogP) is 2.50.